The number of rotatable bonds is 15. The number of nitrogens with zero attached hydrogens (tertiary/aromatic N) is 4. The first-order valence-corrected chi connectivity index (χ1v) is 16.6. The van der Waals surface area contributed by atoms with Crippen LogP contribution in [0.15, 0.2) is 66.9 Å². The van der Waals surface area contributed by atoms with Gasteiger partial charge in [0, 0.05) is 56.4 Å². The summed E-state index contributed by atoms with van der Waals surface area (Å²) in [6, 6.07) is 17.6. The van der Waals surface area contributed by atoms with Crippen LogP contribution in [0.2, 0.25) is 0 Å². The smallest absolute Gasteiger partial charge is 0.262 e. The molecule has 1 fully saturated rings. The summed E-state index contributed by atoms with van der Waals surface area (Å²) in [5.74, 6) is 0.289. The number of para-hydroxylation sites is 3. The monoisotopic (exact) mass is 656 g/mol. The normalized spacial score (nSPS) is 13.6. The second kappa shape index (κ2) is 16.9. The van der Waals surface area contributed by atoms with Gasteiger partial charge in [0.2, 0.25) is 11.8 Å². The van der Waals surface area contributed by atoms with Crippen molar-refractivity contribution in [2.24, 2.45) is 0 Å². The third-order valence-corrected chi connectivity index (χ3v) is 8.09. The summed E-state index contributed by atoms with van der Waals surface area (Å²) in [6.45, 7) is 14.9. The van der Waals surface area contributed by atoms with Crippen molar-refractivity contribution in [2.45, 2.75) is 40.5 Å². The third-order valence-electron chi connectivity index (χ3n) is 8.09. The Hall–Kier alpha value is -4.74. The van der Waals surface area contributed by atoms with Crippen LogP contribution in [0.5, 0.6) is 23.1 Å². The van der Waals surface area contributed by atoms with E-state index in [4.69, 9.17) is 14.2 Å². The summed E-state index contributed by atoms with van der Waals surface area (Å²) >= 11 is 0. The molecule has 3 aromatic carbocycles. The number of aryl methyl sites for hydroxylation is 2. The third kappa shape index (κ3) is 9.20. The molecule has 0 spiro atoms. The first kappa shape index (κ1) is 34.6. The molecule has 4 aromatic rings. The second-order valence-electron chi connectivity index (χ2n) is 11.8. The first-order valence-electron chi connectivity index (χ1n) is 16.6. The van der Waals surface area contributed by atoms with Crippen molar-refractivity contribution in [3.63, 3.8) is 0 Å². The zero-order chi connectivity index (χ0) is 33.9. The number of nitrogens with one attached hydrogen (secondary N) is 2. The van der Waals surface area contributed by atoms with Crippen LogP contribution in [0, 0.1) is 19.7 Å². The van der Waals surface area contributed by atoms with Gasteiger partial charge in [0.05, 0.1) is 6.61 Å². The Bertz CT molecular complexity index is 1660. The molecule has 1 amide bonds. The highest BCUT2D eigenvalue weighted by Crippen LogP contribution is 2.33. The number of aromatic nitrogens is 2. The Morgan fingerprint density at radius 2 is 1.52 bits per heavy atom. The minimum absolute atomic E-state index is 0.0136. The van der Waals surface area contributed by atoms with Crippen molar-refractivity contribution in [1.29, 1.82) is 0 Å². The molecule has 2 heterocycles. The molecule has 0 atom stereocenters. The molecule has 254 valence electrons. The van der Waals surface area contributed by atoms with E-state index < -0.39 is 11.7 Å². The van der Waals surface area contributed by atoms with Gasteiger partial charge in [-0.25, -0.2) is 9.37 Å². The van der Waals surface area contributed by atoms with Crippen molar-refractivity contribution >= 4 is 23.2 Å². The molecule has 0 unspecified atom stereocenters. The van der Waals surface area contributed by atoms with Gasteiger partial charge in [-0.05, 0) is 68.6 Å². The zero-order valence-electron chi connectivity index (χ0n) is 28.2. The van der Waals surface area contributed by atoms with Crippen LogP contribution in [0.25, 0.3) is 0 Å². The van der Waals surface area contributed by atoms with Crippen molar-refractivity contribution in [2.75, 3.05) is 63.1 Å². The molecule has 0 radical (unpaired) electrons. The maximum atomic E-state index is 15.1. The van der Waals surface area contributed by atoms with Crippen LogP contribution in [-0.4, -0.2) is 78.2 Å². The van der Waals surface area contributed by atoms with E-state index in [1.807, 2.05) is 51.1 Å². The molecule has 11 heteroatoms. The molecule has 1 aromatic heterocycles. The highest BCUT2D eigenvalue weighted by atomic mass is 19.1. The summed E-state index contributed by atoms with van der Waals surface area (Å²) in [5.41, 5.74) is 3.08. The van der Waals surface area contributed by atoms with Gasteiger partial charge in [0.15, 0.2) is 23.1 Å². The molecule has 1 aliphatic rings. The van der Waals surface area contributed by atoms with E-state index in [1.165, 1.54) is 12.3 Å². The Morgan fingerprint density at radius 1 is 0.833 bits per heavy atom. The van der Waals surface area contributed by atoms with Gasteiger partial charge >= 0.3 is 0 Å². The highest BCUT2D eigenvalue weighted by molar-refractivity contribution is 6.06. The number of carbonyl (C=O) groups is 1. The molecule has 1 aliphatic heterocycles. The molecule has 1 saturated heterocycles. The predicted octanol–water partition coefficient (Wildman–Crippen LogP) is 7.22. The Labute approximate surface area is 282 Å². The van der Waals surface area contributed by atoms with Gasteiger partial charge in [-0.3, -0.25) is 9.69 Å². The minimum Gasteiger partial charge on any atom is -0.490 e. The van der Waals surface area contributed by atoms with Gasteiger partial charge in [0.25, 0.3) is 5.91 Å². The number of anilines is 3. The van der Waals surface area contributed by atoms with E-state index in [2.05, 4.69) is 37.3 Å². The molecule has 10 nitrogen and oxygen atoms in total. The lowest BCUT2D eigenvalue weighted by Gasteiger charge is -2.34. The second-order valence-corrected chi connectivity index (χ2v) is 11.8. The van der Waals surface area contributed by atoms with Gasteiger partial charge in [0.1, 0.15) is 12.2 Å². The number of benzene rings is 3. The van der Waals surface area contributed by atoms with Crippen LogP contribution in [0.1, 0.15) is 48.2 Å². The quantitative estimate of drug-likeness (QED) is 0.137. The fraction of sp³-hybridized carbons (Fsp3) is 0.378. The van der Waals surface area contributed by atoms with Gasteiger partial charge in [-0.1, -0.05) is 44.2 Å². The van der Waals surface area contributed by atoms with E-state index >= 15 is 4.39 Å². The fourth-order valence-electron chi connectivity index (χ4n) is 5.48. The fourth-order valence-corrected chi connectivity index (χ4v) is 5.48. The maximum absolute atomic E-state index is 15.1. The van der Waals surface area contributed by atoms with Crippen LogP contribution in [0.4, 0.5) is 21.7 Å². The van der Waals surface area contributed by atoms with Gasteiger partial charge in [-0.2, -0.15) is 4.98 Å². The van der Waals surface area contributed by atoms with E-state index in [-0.39, 0.29) is 23.1 Å². The van der Waals surface area contributed by atoms with E-state index in [0.717, 1.165) is 63.2 Å². The average Bonchev–Trinajstić information content (AvgIpc) is 3.08. The largest absolute Gasteiger partial charge is 0.490 e. The zero-order valence-corrected chi connectivity index (χ0v) is 28.2. The summed E-state index contributed by atoms with van der Waals surface area (Å²) in [6.07, 6.45) is 3.36. The molecule has 0 aliphatic carbocycles. The Morgan fingerprint density at radius 3 is 2.21 bits per heavy atom. The van der Waals surface area contributed by atoms with Crippen LogP contribution in [0.3, 0.4) is 0 Å². The summed E-state index contributed by atoms with van der Waals surface area (Å²) in [7, 11) is 0. The van der Waals surface area contributed by atoms with Crippen molar-refractivity contribution in [1.82, 2.24) is 19.8 Å². The van der Waals surface area contributed by atoms with Crippen LogP contribution < -0.4 is 24.8 Å². The van der Waals surface area contributed by atoms with Crippen LogP contribution >= 0.6 is 0 Å². The summed E-state index contributed by atoms with van der Waals surface area (Å²) < 4.78 is 33.0. The molecule has 5 rings (SSSR count). The maximum Gasteiger partial charge on any atom is 0.262 e. The average molecular weight is 657 g/mol. The lowest BCUT2D eigenvalue weighted by Crippen LogP contribution is -2.47. The predicted molar refractivity (Wildman–Crippen MR) is 187 cm³/mol. The molecule has 2 N–H and O–H groups in total. The minimum atomic E-state index is -0.504. The SMILES string of the molecule is CCCOc1ccccc1Oc1nc(Nc2ccc(OCCN3CCN(CCC)CC3)c(F)c2)ncc1C(=O)Nc1c(C)cccc1C. The molecular formula is C37H45FN6O4. The van der Waals surface area contributed by atoms with Crippen molar-refractivity contribution < 1.29 is 23.4 Å². The van der Waals surface area contributed by atoms with Crippen molar-refractivity contribution in [3.8, 4) is 23.1 Å². The van der Waals surface area contributed by atoms with Crippen molar-refractivity contribution in [3.05, 3.63) is 89.4 Å². The lowest BCUT2D eigenvalue weighted by atomic mass is 10.1. The standard InChI is InChI=1S/C37H45FN6O4/c1-5-16-43-17-19-44(20-18-43)21-23-47-31-15-14-28(24-30(31)38)40-37-39-25-29(35(45)41-34-26(3)10-9-11-27(34)4)36(42-37)48-33-13-8-7-12-32(33)46-22-6-2/h7-15,24-25H,5-6,16-23H2,1-4H3,(H,41,45)(H,39,40,42). The molecular weight excluding hydrogens is 611 g/mol. The highest BCUT2D eigenvalue weighted by Gasteiger charge is 2.21. The molecule has 0 bridgehead atoms. The van der Waals surface area contributed by atoms with Gasteiger partial charge < -0.3 is 29.7 Å². The lowest BCUT2D eigenvalue weighted by molar-refractivity contribution is 0.102. The number of ether oxygens (including phenoxy) is 3. The number of piperazine rings is 1. The first-order chi connectivity index (χ1) is 23.3. The Balaban J connectivity index is 1.30. The number of carbonyl (C=O) groups excluding carboxylic acids is 1. The topological polar surface area (TPSA) is 101 Å². The number of halogens is 1. The van der Waals surface area contributed by atoms with Gasteiger partial charge in [-0.15, -0.1) is 0 Å². The van der Waals surface area contributed by atoms with E-state index in [1.54, 1.807) is 24.3 Å². The van der Waals surface area contributed by atoms with E-state index in [9.17, 15) is 4.79 Å². The number of hydrogen-bond donors (Lipinski definition) is 2. The van der Waals surface area contributed by atoms with Crippen LogP contribution in [-0.2, 0) is 0 Å². The summed E-state index contributed by atoms with van der Waals surface area (Å²) in [4.78, 5) is 27.3. The molecule has 0 saturated carbocycles. The number of hydrogen-bond acceptors (Lipinski definition) is 9. The number of amides is 1. The summed E-state index contributed by atoms with van der Waals surface area (Å²) in [5, 5.41) is 6.01. The van der Waals surface area contributed by atoms with E-state index in [0.29, 0.717) is 36.1 Å². The Kier molecular flexibility index (Phi) is 12.2. The molecule has 48 heavy (non-hydrogen) atoms.